The molecule has 0 spiro atoms. The van der Waals surface area contributed by atoms with E-state index in [1.54, 1.807) is 18.5 Å². The van der Waals surface area contributed by atoms with Crippen molar-refractivity contribution in [2.24, 2.45) is 0 Å². The van der Waals surface area contributed by atoms with Crippen LogP contribution in [0.1, 0.15) is 0 Å². The Morgan fingerprint density at radius 1 is 1.31 bits per heavy atom. The van der Waals surface area contributed by atoms with E-state index in [1.165, 1.54) is 0 Å². The van der Waals surface area contributed by atoms with Crippen LogP contribution in [0.25, 0.3) is 11.4 Å². The minimum absolute atomic E-state index is 0.302. The molecular formula is C7H6ClN5. The van der Waals surface area contributed by atoms with Crippen molar-refractivity contribution < 1.29 is 0 Å². The van der Waals surface area contributed by atoms with Gasteiger partial charge in [-0.25, -0.2) is 9.97 Å². The van der Waals surface area contributed by atoms with Gasteiger partial charge in [0.15, 0.2) is 11.6 Å². The topological polar surface area (TPSA) is 80.5 Å². The van der Waals surface area contributed by atoms with E-state index in [0.717, 1.165) is 0 Å². The van der Waals surface area contributed by atoms with Crippen molar-refractivity contribution in [1.29, 1.82) is 0 Å². The van der Waals surface area contributed by atoms with Crippen LogP contribution in [0.15, 0.2) is 18.5 Å². The van der Waals surface area contributed by atoms with E-state index in [4.69, 9.17) is 17.3 Å². The third-order valence-corrected chi connectivity index (χ3v) is 1.81. The lowest BCUT2D eigenvalue weighted by Gasteiger charge is -1.95. The molecule has 0 aliphatic rings. The highest BCUT2D eigenvalue weighted by Gasteiger charge is 2.12. The molecule has 6 heteroatoms. The Morgan fingerprint density at radius 2 is 2.00 bits per heavy atom. The summed E-state index contributed by atoms with van der Waals surface area (Å²) in [5.41, 5.74) is 6.11. The maximum atomic E-state index is 5.80. The molecule has 2 rings (SSSR count). The van der Waals surface area contributed by atoms with Crippen molar-refractivity contribution >= 4 is 17.4 Å². The number of nitrogens with one attached hydrogen (secondary N) is 1. The van der Waals surface area contributed by atoms with Gasteiger partial charge in [-0.3, -0.25) is 5.10 Å². The minimum Gasteiger partial charge on any atom is -0.382 e. The van der Waals surface area contributed by atoms with Crippen LogP contribution >= 0.6 is 11.6 Å². The van der Waals surface area contributed by atoms with Crippen LogP contribution in [0.3, 0.4) is 0 Å². The van der Waals surface area contributed by atoms with E-state index in [2.05, 4.69) is 20.2 Å². The molecule has 0 amide bonds. The number of hydrogen-bond acceptors (Lipinski definition) is 4. The molecule has 0 bridgehead atoms. The van der Waals surface area contributed by atoms with Crippen LogP contribution in [0, 0.1) is 0 Å². The zero-order valence-corrected chi connectivity index (χ0v) is 7.28. The van der Waals surface area contributed by atoms with Crippen LogP contribution in [0.5, 0.6) is 0 Å². The van der Waals surface area contributed by atoms with Crippen molar-refractivity contribution in [3.05, 3.63) is 23.6 Å². The number of rotatable bonds is 1. The van der Waals surface area contributed by atoms with Gasteiger partial charge in [0.2, 0.25) is 0 Å². The van der Waals surface area contributed by atoms with Gasteiger partial charge in [0.1, 0.15) is 5.15 Å². The number of hydrogen-bond donors (Lipinski definition) is 2. The SMILES string of the molecule is Nc1n[nH]c(Cl)c1-c1ncccn1. The highest BCUT2D eigenvalue weighted by Crippen LogP contribution is 2.27. The molecule has 0 aromatic carbocycles. The third-order valence-electron chi connectivity index (χ3n) is 1.54. The van der Waals surface area contributed by atoms with Gasteiger partial charge < -0.3 is 5.73 Å². The number of nitrogen functional groups attached to an aromatic ring is 1. The van der Waals surface area contributed by atoms with Crippen LogP contribution in [0.2, 0.25) is 5.15 Å². The molecule has 0 unspecified atom stereocenters. The smallest absolute Gasteiger partial charge is 0.166 e. The second kappa shape index (κ2) is 3.02. The second-order valence-corrected chi connectivity index (χ2v) is 2.75. The summed E-state index contributed by atoms with van der Waals surface area (Å²) in [6.45, 7) is 0. The van der Waals surface area contributed by atoms with Crippen molar-refractivity contribution in [3.8, 4) is 11.4 Å². The zero-order valence-electron chi connectivity index (χ0n) is 6.53. The van der Waals surface area contributed by atoms with Gasteiger partial charge in [-0.05, 0) is 6.07 Å². The highest BCUT2D eigenvalue weighted by atomic mass is 35.5. The average molecular weight is 196 g/mol. The number of halogens is 1. The predicted molar refractivity (Wildman–Crippen MR) is 49.0 cm³/mol. The van der Waals surface area contributed by atoms with Gasteiger partial charge in [0.25, 0.3) is 0 Å². The van der Waals surface area contributed by atoms with Gasteiger partial charge in [-0.15, -0.1) is 0 Å². The van der Waals surface area contributed by atoms with Gasteiger partial charge in [-0.2, -0.15) is 5.10 Å². The number of aromatic amines is 1. The molecule has 0 aliphatic heterocycles. The molecule has 0 aliphatic carbocycles. The van der Waals surface area contributed by atoms with Crippen LogP contribution in [-0.2, 0) is 0 Å². The van der Waals surface area contributed by atoms with Crippen LogP contribution < -0.4 is 5.73 Å². The fourth-order valence-electron chi connectivity index (χ4n) is 0.974. The molecule has 2 aromatic heterocycles. The minimum atomic E-state index is 0.302. The molecule has 0 saturated heterocycles. The molecule has 3 N–H and O–H groups in total. The molecule has 13 heavy (non-hydrogen) atoms. The molecule has 2 aromatic rings. The summed E-state index contributed by atoms with van der Waals surface area (Å²) in [7, 11) is 0. The fraction of sp³-hybridized carbons (Fsp3) is 0. The maximum Gasteiger partial charge on any atom is 0.166 e. The Bertz CT molecular complexity index is 391. The van der Waals surface area contributed by atoms with Gasteiger partial charge in [0, 0.05) is 12.4 Å². The number of nitrogens with two attached hydrogens (primary N) is 1. The van der Waals surface area contributed by atoms with E-state index >= 15 is 0 Å². The first-order chi connectivity index (χ1) is 6.29. The molecular weight excluding hydrogens is 190 g/mol. The summed E-state index contributed by atoms with van der Waals surface area (Å²) in [6, 6.07) is 1.72. The molecule has 0 atom stereocenters. The van der Waals surface area contributed by atoms with Crippen molar-refractivity contribution in [2.45, 2.75) is 0 Å². The normalized spacial score (nSPS) is 10.2. The molecule has 0 fully saturated rings. The van der Waals surface area contributed by atoms with Gasteiger partial charge in [0.05, 0.1) is 5.56 Å². The lowest BCUT2D eigenvalue weighted by molar-refractivity contribution is 1.10. The fourth-order valence-corrected chi connectivity index (χ4v) is 1.20. The molecule has 0 radical (unpaired) electrons. The standard InChI is InChI=1S/C7H6ClN5/c8-5-4(6(9)13-12-5)7-10-2-1-3-11-7/h1-3H,(H3,9,12,13). The number of nitrogens with zero attached hydrogens (tertiary/aromatic N) is 3. The van der Waals surface area contributed by atoms with Gasteiger partial charge >= 0.3 is 0 Å². The molecule has 0 saturated carbocycles. The maximum absolute atomic E-state index is 5.80. The first-order valence-electron chi connectivity index (χ1n) is 3.56. The Kier molecular flexibility index (Phi) is 1.86. The second-order valence-electron chi connectivity index (χ2n) is 2.37. The summed E-state index contributed by atoms with van der Waals surface area (Å²) in [5, 5.41) is 6.63. The van der Waals surface area contributed by atoms with Crippen LogP contribution in [0.4, 0.5) is 5.82 Å². The van der Waals surface area contributed by atoms with Crippen molar-refractivity contribution in [1.82, 2.24) is 20.2 Å². The summed E-state index contributed by atoms with van der Waals surface area (Å²) >= 11 is 5.80. The van der Waals surface area contributed by atoms with E-state index in [1.807, 2.05) is 0 Å². The quantitative estimate of drug-likeness (QED) is 0.714. The monoisotopic (exact) mass is 195 g/mol. The Morgan fingerprint density at radius 3 is 2.54 bits per heavy atom. The Balaban J connectivity index is 2.59. The van der Waals surface area contributed by atoms with E-state index < -0.39 is 0 Å². The lowest BCUT2D eigenvalue weighted by atomic mass is 10.3. The zero-order chi connectivity index (χ0) is 9.26. The Labute approximate surface area is 79.0 Å². The van der Waals surface area contributed by atoms with Gasteiger partial charge in [-0.1, -0.05) is 11.6 Å². The number of anilines is 1. The highest BCUT2D eigenvalue weighted by molar-refractivity contribution is 6.32. The average Bonchev–Trinajstić information content (AvgIpc) is 2.48. The first-order valence-corrected chi connectivity index (χ1v) is 3.93. The Hall–Kier alpha value is -1.62. The third kappa shape index (κ3) is 1.33. The largest absolute Gasteiger partial charge is 0.382 e. The lowest BCUT2D eigenvalue weighted by Crippen LogP contribution is -1.91. The molecule has 2 heterocycles. The summed E-state index contributed by atoms with van der Waals surface area (Å²) in [4.78, 5) is 8.01. The van der Waals surface area contributed by atoms with E-state index in [-0.39, 0.29) is 0 Å². The first kappa shape index (κ1) is 8.00. The number of H-pyrrole nitrogens is 1. The van der Waals surface area contributed by atoms with E-state index in [9.17, 15) is 0 Å². The van der Waals surface area contributed by atoms with Crippen molar-refractivity contribution in [3.63, 3.8) is 0 Å². The summed E-state index contributed by atoms with van der Waals surface area (Å²) < 4.78 is 0. The van der Waals surface area contributed by atoms with Crippen LogP contribution in [-0.4, -0.2) is 20.2 Å². The van der Waals surface area contributed by atoms with E-state index in [0.29, 0.717) is 22.4 Å². The summed E-state index contributed by atoms with van der Waals surface area (Å²) in [5.74, 6) is 0.773. The number of aromatic nitrogens is 4. The molecule has 66 valence electrons. The summed E-state index contributed by atoms with van der Waals surface area (Å²) in [6.07, 6.45) is 3.23. The van der Waals surface area contributed by atoms with Crippen molar-refractivity contribution in [2.75, 3.05) is 5.73 Å². The molecule has 5 nitrogen and oxygen atoms in total. The predicted octanol–water partition coefficient (Wildman–Crippen LogP) is 1.10.